The molecule has 2 rings (SSSR count). The summed E-state index contributed by atoms with van der Waals surface area (Å²) in [4.78, 5) is 14.8. The standard InChI is InChI=1S/C13H21N5O4S/c1-16-6-8-17(9-7-16)5-4-15-12-3-2-11(23(14,21)22)10-13(12)18(19)20/h2-3,10,15H,4-9H2,1H3,(H2,14,21,22). The summed E-state index contributed by atoms with van der Waals surface area (Å²) in [5.41, 5.74) is -0.00794. The summed E-state index contributed by atoms with van der Waals surface area (Å²) >= 11 is 0. The summed E-state index contributed by atoms with van der Waals surface area (Å²) in [7, 11) is -1.89. The first-order valence-corrected chi connectivity index (χ1v) is 8.78. The third-order valence-corrected chi connectivity index (χ3v) is 4.74. The van der Waals surface area contributed by atoms with Gasteiger partial charge in [-0.05, 0) is 19.2 Å². The van der Waals surface area contributed by atoms with Crippen molar-refractivity contribution in [1.29, 1.82) is 0 Å². The van der Waals surface area contributed by atoms with Gasteiger partial charge in [-0.25, -0.2) is 13.6 Å². The summed E-state index contributed by atoms with van der Waals surface area (Å²) in [5, 5.41) is 19.1. The van der Waals surface area contributed by atoms with E-state index in [1.807, 2.05) is 0 Å². The molecule has 128 valence electrons. The topological polar surface area (TPSA) is 122 Å². The fourth-order valence-electron chi connectivity index (χ4n) is 2.41. The molecule has 10 heteroatoms. The lowest BCUT2D eigenvalue weighted by Gasteiger charge is -2.32. The predicted octanol–water partition coefficient (Wildman–Crippen LogP) is -0.0985. The summed E-state index contributed by atoms with van der Waals surface area (Å²) in [6, 6.07) is 3.62. The van der Waals surface area contributed by atoms with Crippen molar-refractivity contribution in [1.82, 2.24) is 9.80 Å². The monoisotopic (exact) mass is 343 g/mol. The molecule has 1 aromatic carbocycles. The van der Waals surface area contributed by atoms with Crippen LogP contribution in [0.1, 0.15) is 0 Å². The molecule has 1 heterocycles. The molecule has 0 aromatic heterocycles. The number of hydrogen-bond acceptors (Lipinski definition) is 7. The molecule has 23 heavy (non-hydrogen) atoms. The fraction of sp³-hybridized carbons (Fsp3) is 0.538. The van der Waals surface area contributed by atoms with Gasteiger partial charge < -0.3 is 10.2 Å². The molecule has 9 nitrogen and oxygen atoms in total. The lowest BCUT2D eigenvalue weighted by atomic mass is 10.2. The second-order valence-electron chi connectivity index (χ2n) is 5.55. The van der Waals surface area contributed by atoms with E-state index in [4.69, 9.17) is 5.14 Å². The number of nitrogens with two attached hydrogens (primary N) is 1. The summed E-state index contributed by atoms with van der Waals surface area (Å²) < 4.78 is 22.6. The van der Waals surface area contributed by atoms with Crippen molar-refractivity contribution >= 4 is 21.4 Å². The molecule has 1 saturated heterocycles. The highest BCUT2D eigenvalue weighted by atomic mass is 32.2. The maximum atomic E-state index is 11.3. The number of likely N-dealkylation sites (N-methyl/N-ethyl adjacent to an activating group) is 1. The van der Waals surface area contributed by atoms with Crippen LogP contribution in [-0.4, -0.2) is 69.5 Å². The first-order valence-electron chi connectivity index (χ1n) is 7.23. The molecule has 0 bridgehead atoms. The highest BCUT2D eigenvalue weighted by Crippen LogP contribution is 2.26. The molecule has 1 fully saturated rings. The number of nitrogens with zero attached hydrogens (tertiary/aromatic N) is 3. The van der Waals surface area contributed by atoms with Crippen LogP contribution in [0.5, 0.6) is 0 Å². The van der Waals surface area contributed by atoms with E-state index in [1.54, 1.807) is 0 Å². The van der Waals surface area contributed by atoms with E-state index in [2.05, 4.69) is 22.2 Å². The summed E-state index contributed by atoms with van der Waals surface area (Å²) in [6.45, 7) is 5.24. The number of piperazine rings is 1. The number of nitrogens with one attached hydrogen (secondary N) is 1. The van der Waals surface area contributed by atoms with Crippen molar-refractivity contribution < 1.29 is 13.3 Å². The second kappa shape index (κ2) is 7.21. The minimum absolute atomic E-state index is 0.270. The van der Waals surface area contributed by atoms with Crippen LogP contribution in [0.2, 0.25) is 0 Å². The van der Waals surface area contributed by atoms with E-state index in [1.165, 1.54) is 12.1 Å². The first-order chi connectivity index (χ1) is 10.8. The molecule has 1 aliphatic rings. The molecular weight excluding hydrogens is 322 g/mol. The average Bonchev–Trinajstić information content (AvgIpc) is 2.48. The Morgan fingerprint density at radius 2 is 1.96 bits per heavy atom. The number of nitro benzene ring substituents is 1. The number of primary sulfonamides is 1. The van der Waals surface area contributed by atoms with E-state index < -0.39 is 14.9 Å². The van der Waals surface area contributed by atoms with Crippen LogP contribution in [0.4, 0.5) is 11.4 Å². The Hall–Kier alpha value is -1.75. The van der Waals surface area contributed by atoms with Crippen LogP contribution in [0.3, 0.4) is 0 Å². The third-order valence-electron chi connectivity index (χ3n) is 3.83. The minimum atomic E-state index is -3.96. The predicted molar refractivity (Wildman–Crippen MR) is 86.9 cm³/mol. The van der Waals surface area contributed by atoms with Gasteiger partial charge in [0.1, 0.15) is 5.69 Å². The molecule has 0 radical (unpaired) electrons. The van der Waals surface area contributed by atoms with Crippen molar-refractivity contribution in [2.75, 3.05) is 51.6 Å². The van der Waals surface area contributed by atoms with E-state index >= 15 is 0 Å². The van der Waals surface area contributed by atoms with Gasteiger partial charge in [0.2, 0.25) is 10.0 Å². The molecule has 1 aromatic rings. The van der Waals surface area contributed by atoms with Crippen LogP contribution in [0.15, 0.2) is 23.1 Å². The molecule has 3 N–H and O–H groups in total. The van der Waals surface area contributed by atoms with Gasteiger partial charge in [0.25, 0.3) is 5.69 Å². The second-order valence-corrected chi connectivity index (χ2v) is 7.11. The number of benzene rings is 1. The fourth-order valence-corrected chi connectivity index (χ4v) is 2.94. The highest BCUT2D eigenvalue weighted by Gasteiger charge is 2.19. The summed E-state index contributed by atoms with van der Waals surface area (Å²) in [5.74, 6) is 0. The Balaban J connectivity index is 2.00. The molecule has 0 amide bonds. The van der Waals surface area contributed by atoms with Crippen LogP contribution in [0.25, 0.3) is 0 Å². The van der Waals surface area contributed by atoms with E-state index in [-0.39, 0.29) is 16.3 Å². The van der Waals surface area contributed by atoms with Crippen molar-refractivity contribution in [3.05, 3.63) is 28.3 Å². The molecule has 0 saturated carbocycles. The lowest BCUT2D eigenvalue weighted by molar-refractivity contribution is -0.384. The zero-order valence-corrected chi connectivity index (χ0v) is 13.8. The molecule has 1 aliphatic heterocycles. The Kier molecular flexibility index (Phi) is 5.52. The Bertz CT molecular complexity index is 671. The van der Waals surface area contributed by atoms with Gasteiger partial charge in [0.15, 0.2) is 0 Å². The van der Waals surface area contributed by atoms with Gasteiger partial charge in [-0.15, -0.1) is 0 Å². The van der Waals surface area contributed by atoms with Crippen LogP contribution in [-0.2, 0) is 10.0 Å². The van der Waals surface area contributed by atoms with Crippen molar-refractivity contribution in [3.63, 3.8) is 0 Å². The largest absolute Gasteiger partial charge is 0.378 e. The summed E-state index contributed by atoms with van der Waals surface area (Å²) in [6.07, 6.45) is 0. The molecule has 0 atom stereocenters. The number of sulfonamides is 1. The minimum Gasteiger partial charge on any atom is -0.378 e. The zero-order chi connectivity index (χ0) is 17.0. The van der Waals surface area contributed by atoms with Crippen molar-refractivity contribution in [3.8, 4) is 0 Å². The zero-order valence-electron chi connectivity index (χ0n) is 12.9. The van der Waals surface area contributed by atoms with Gasteiger partial charge in [-0.1, -0.05) is 0 Å². The Morgan fingerprint density at radius 3 is 2.52 bits per heavy atom. The smallest absolute Gasteiger partial charge is 0.293 e. The van der Waals surface area contributed by atoms with E-state index in [9.17, 15) is 18.5 Å². The van der Waals surface area contributed by atoms with Crippen molar-refractivity contribution in [2.24, 2.45) is 5.14 Å². The third kappa shape index (κ3) is 4.86. The quantitative estimate of drug-likeness (QED) is 0.546. The Labute approximate surface area is 135 Å². The van der Waals surface area contributed by atoms with Gasteiger partial charge >= 0.3 is 0 Å². The number of rotatable bonds is 6. The molecular formula is C13H21N5O4S. The normalized spacial score (nSPS) is 17.1. The average molecular weight is 343 g/mol. The maximum Gasteiger partial charge on any atom is 0.293 e. The molecule has 0 spiro atoms. The number of nitro groups is 1. The van der Waals surface area contributed by atoms with E-state index in [0.29, 0.717) is 6.54 Å². The van der Waals surface area contributed by atoms with Crippen molar-refractivity contribution in [2.45, 2.75) is 4.90 Å². The van der Waals surface area contributed by atoms with Gasteiger partial charge in [0, 0.05) is 45.3 Å². The number of anilines is 1. The van der Waals surface area contributed by atoms with Crippen LogP contribution in [0, 0.1) is 10.1 Å². The first kappa shape index (κ1) is 17.6. The lowest BCUT2D eigenvalue weighted by Crippen LogP contribution is -2.45. The van der Waals surface area contributed by atoms with E-state index in [0.717, 1.165) is 38.8 Å². The molecule has 0 aliphatic carbocycles. The maximum absolute atomic E-state index is 11.3. The van der Waals surface area contributed by atoms with Gasteiger partial charge in [-0.2, -0.15) is 0 Å². The SMILES string of the molecule is CN1CCN(CCNc2ccc(S(N)(=O)=O)cc2[N+](=O)[O-])CC1. The van der Waals surface area contributed by atoms with Crippen LogP contribution >= 0.6 is 0 Å². The van der Waals surface area contributed by atoms with Gasteiger partial charge in [-0.3, -0.25) is 15.0 Å². The molecule has 0 unspecified atom stereocenters. The highest BCUT2D eigenvalue weighted by molar-refractivity contribution is 7.89. The number of hydrogen-bond donors (Lipinski definition) is 2. The van der Waals surface area contributed by atoms with Gasteiger partial charge in [0.05, 0.1) is 9.82 Å². The van der Waals surface area contributed by atoms with Crippen LogP contribution < -0.4 is 10.5 Å². The Morgan fingerprint density at radius 1 is 1.30 bits per heavy atom.